The fraction of sp³-hybridized carbons (Fsp3) is 0.182. The normalized spacial score (nSPS) is 8.88. The van der Waals surface area contributed by atoms with Gasteiger partial charge in [-0.3, -0.25) is 10.1 Å². The Kier molecular flexibility index (Phi) is 3.62. The number of hydrogen-bond donors (Lipinski definition) is 0. The molecule has 0 aliphatic heterocycles. The maximum Gasteiger partial charge on any atom is 0.384 e. The topological polar surface area (TPSA) is 69.4 Å². The number of benzene rings is 1. The van der Waals surface area contributed by atoms with Crippen molar-refractivity contribution in [2.24, 2.45) is 0 Å². The number of hydrogen-bond acceptors (Lipinski definition) is 4. The van der Waals surface area contributed by atoms with Crippen molar-refractivity contribution in [2.75, 3.05) is 7.11 Å². The van der Waals surface area contributed by atoms with E-state index in [1.165, 1.54) is 19.2 Å². The number of methoxy groups -OCH3 is 1. The fourth-order valence-electron chi connectivity index (χ4n) is 1.11. The Bertz CT molecular complexity index is 496. The lowest BCUT2D eigenvalue weighted by atomic mass is 10.1. The quantitative estimate of drug-likeness (QED) is 0.310. The monoisotopic (exact) mass is 219 g/mol. The number of carbonyl (C=O) groups is 1. The molecular formula is C11H9NO4. The molecule has 16 heavy (non-hydrogen) atoms. The van der Waals surface area contributed by atoms with Gasteiger partial charge >= 0.3 is 5.97 Å². The third-order valence-electron chi connectivity index (χ3n) is 1.77. The Morgan fingerprint density at radius 2 is 2.12 bits per heavy atom. The van der Waals surface area contributed by atoms with Gasteiger partial charge < -0.3 is 4.74 Å². The summed E-state index contributed by atoms with van der Waals surface area (Å²) < 4.78 is 4.33. The van der Waals surface area contributed by atoms with Crippen molar-refractivity contribution < 1.29 is 14.5 Å². The van der Waals surface area contributed by atoms with E-state index >= 15 is 0 Å². The second-order valence-electron chi connectivity index (χ2n) is 3.06. The predicted molar refractivity (Wildman–Crippen MR) is 56.7 cm³/mol. The molecule has 0 unspecified atom stereocenters. The van der Waals surface area contributed by atoms with Gasteiger partial charge in [-0.1, -0.05) is 5.92 Å². The van der Waals surface area contributed by atoms with Gasteiger partial charge in [-0.15, -0.1) is 0 Å². The van der Waals surface area contributed by atoms with Crippen LogP contribution in [0.1, 0.15) is 11.1 Å². The van der Waals surface area contributed by atoms with Crippen LogP contribution in [0.15, 0.2) is 18.2 Å². The van der Waals surface area contributed by atoms with Crippen molar-refractivity contribution in [3.63, 3.8) is 0 Å². The summed E-state index contributed by atoms with van der Waals surface area (Å²) >= 11 is 0. The van der Waals surface area contributed by atoms with E-state index in [2.05, 4.69) is 16.6 Å². The summed E-state index contributed by atoms with van der Waals surface area (Å²) in [7, 11) is 1.22. The summed E-state index contributed by atoms with van der Waals surface area (Å²) in [4.78, 5) is 20.8. The summed E-state index contributed by atoms with van der Waals surface area (Å²) in [5, 5.41) is 10.6. The summed E-state index contributed by atoms with van der Waals surface area (Å²) in [5.74, 6) is 4.03. The predicted octanol–water partition coefficient (Wildman–Crippen LogP) is 1.43. The van der Waals surface area contributed by atoms with Gasteiger partial charge in [-0.25, -0.2) is 4.79 Å². The first-order valence-corrected chi connectivity index (χ1v) is 4.39. The smallest absolute Gasteiger partial charge is 0.384 e. The van der Waals surface area contributed by atoms with Gasteiger partial charge in [-0.05, 0) is 18.6 Å². The van der Waals surface area contributed by atoms with E-state index in [-0.39, 0.29) is 5.69 Å². The first-order valence-electron chi connectivity index (χ1n) is 4.39. The van der Waals surface area contributed by atoms with Crippen molar-refractivity contribution in [2.45, 2.75) is 6.92 Å². The third-order valence-corrected chi connectivity index (χ3v) is 1.77. The lowest BCUT2D eigenvalue weighted by molar-refractivity contribution is -0.384. The molecule has 0 atom stereocenters. The summed E-state index contributed by atoms with van der Waals surface area (Å²) in [6.45, 7) is 1.72. The van der Waals surface area contributed by atoms with Crippen molar-refractivity contribution in [3.05, 3.63) is 39.4 Å². The lowest BCUT2D eigenvalue weighted by Gasteiger charge is -1.95. The molecule has 0 aliphatic carbocycles. The molecular weight excluding hydrogens is 210 g/mol. The van der Waals surface area contributed by atoms with E-state index in [4.69, 9.17) is 0 Å². The van der Waals surface area contributed by atoms with E-state index in [9.17, 15) is 14.9 Å². The molecule has 0 spiro atoms. The van der Waals surface area contributed by atoms with Crippen molar-refractivity contribution in [1.29, 1.82) is 0 Å². The molecule has 0 aromatic heterocycles. The highest BCUT2D eigenvalue weighted by Gasteiger charge is 2.06. The van der Waals surface area contributed by atoms with Gasteiger partial charge in [0, 0.05) is 23.6 Å². The maximum atomic E-state index is 10.8. The molecule has 0 N–H and O–H groups in total. The van der Waals surface area contributed by atoms with Crippen LogP contribution in [0.25, 0.3) is 0 Å². The van der Waals surface area contributed by atoms with Crippen molar-refractivity contribution in [1.82, 2.24) is 0 Å². The Morgan fingerprint density at radius 3 is 2.69 bits per heavy atom. The van der Waals surface area contributed by atoms with Gasteiger partial charge in [0.25, 0.3) is 5.69 Å². The van der Waals surface area contributed by atoms with Crippen LogP contribution in [-0.4, -0.2) is 18.0 Å². The van der Waals surface area contributed by atoms with Gasteiger partial charge in [0.2, 0.25) is 0 Å². The van der Waals surface area contributed by atoms with E-state index in [1.807, 2.05) is 0 Å². The highest BCUT2D eigenvalue weighted by atomic mass is 16.6. The van der Waals surface area contributed by atoms with Gasteiger partial charge in [0.05, 0.1) is 12.0 Å². The van der Waals surface area contributed by atoms with Crippen LogP contribution in [0, 0.1) is 28.9 Å². The first kappa shape index (κ1) is 11.7. The molecule has 0 fully saturated rings. The van der Waals surface area contributed by atoms with Gasteiger partial charge in [-0.2, -0.15) is 0 Å². The van der Waals surface area contributed by atoms with E-state index in [0.29, 0.717) is 11.1 Å². The molecule has 0 heterocycles. The Morgan fingerprint density at radius 1 is 1.44 bits per heavy atom. The molecule has 1 rings (SSSR count). The first-order chi connectivity index (χ1) is 7.52. The number of ether oxygens (including phenoxy) is 1. The molecule has 82 valence electrons. The number of nitrogens with zero attached hydrogens (tertiary/aromatic N) is 1. The Balaban J connectivity index is 3.09. The minimum atomic E-state index is -0.677. The van der Waals surface area contributed by atoms with Gasteiger partial charge in [0.1, 0.15) is 0 Å². The van der Waals surface area contributed by atoms with E-state index in [0.717, 1.165) is 0 Å². The van der Waals surface area contributed by atoms with Crippen LogP contribution in [0.4, 0.5) is 5.69 Å². The molecule has 5 nitrogen and oxygen atoms in total. The standard InChI is InChI=1S/C11H9NO4/c1-8-5-9(3-4-11(13)16-2)7-10(6-8)12(14)15/h5-7H,1-2H3. The average Bonchev–Trinajstić information content (AvgIpc) is 2.25. The van der Waals surface area contributed by atoms with E-state index < -0.39 is 10.9 Å². The number of carbonyl (C=O) groups excluding carboxylic acids is 1. The van der Waals surface area contributed by atoms with Crippen LogP contribution >= 0.6 is 0 Å². The molecule has 0 aliphatic rings. The average molecular weight is 219 g/mol. The van der Waals surface area contributed by atoms with Crippen LogP contribution in [0.3, 0.4) is 0 Å². The summed E-state index contributed by atoms with van der Waals surface area (Å²) in [6, 6.07) is 4.40. The zero-order valence-electron chi connectivity index (χ0n) is 8.81. The zero-order chi connectivity index (χ0) is 12.1. The number of aryl methyl sites for hydroxylation is 1. The fourth-order valence-corrected chi connectivity index (χ4v) is 1.11. The zero-order valence-corrected chi connectivity index (χ0v) is 8.81. The minimum absolute atomic E-state index is 0.0471. The maximum absolute atomic E-state index is 10.8. The van der Waals surface area contributed by atoms with Crippen LogP contribution in [-0.2, 0) is 9.53 Å². The number of non-ortho nitro benzene ring substituents is 1. The molecule has 1 aromatic rings. The molecule has 0 saturated carbocycles. The van der Waals surface area contributed by atoms with Crippen LogP contribution < -0.4 is 0 Å². The second kappa shape index (κ2) is 4.94. The molecule has 0 saturated heterocycles. The largest absolute Gasteiger partial charge is 0.459 e. The highest BCUT2D eigenvalue weighted by molar-refractivity contribution is 5.89. The molecule has 0 amide bonds. The third kappa shape index (κ3) is 3.10. The van der Waals surface area contributed by atoms with E-state index in [1.54, 1.807) is 13.0 Å². The number of nitro groups is 1. The Hall–Kier alpha value is -2.35. The number of rotatable bonds is 1. The molecule has 1 aromatic carbocycles. The van der Waals surface area contributed by atoms with Crippen molar-refractivity contribution >= 4 is 11.7 Å². The highest BCUT2D eigenvalue weighted by Crippen LogP contribution is 2.15. The summed E-state index contributed by atoms with van der Waals surface area (Å²) in [6.07, 6.45) is 0. The van der Waals surface area contributed by atoms with Crippen LogP contribution in [0.5, 0.6) is 0 Å². The SMILES string of the molecule is COC(=O)C#Cc1cc(C)cc([N+](=O)[O-])c1. The molecule has 0 radical (unpaired) electrons. The lowest BCUT2D eigenvalue weighted by Crippen LogP contribution is -1.95. The molecule has 0 bridgehead atoms. The summed E-state index contributed by atoms with van der Waals surface area (Å²) in [5.41, 5.74) is 1.08. The number of esters is 1. The number of nitro benzene ring substituents is 1. The second-order valence-corrected chi connectivity index (χ2v) is 3.06. The Labute approximate surface area is 92.2 Å². The minimum Gasteiger partial charge on any atom is -0.459 e. The van der Waals surface area contributed by atoms with Crippen LogP contribution in [0.2, 0.25) is 0 Å². The van der Waals surface area contributed by atoms with Gasteiger partial charge in [0.15, 0.2) is 0 Å². The van der Waals surface area contributed by atoms with Crippen molar-refractivity contribution in [3.8, 4) is 11.8 Å². The molecule has 5 heteroatoms.